The van der Waals surface area contributed by atoms with Crippen molar-refractivity contribution in [3.05, 3.63) is 71.8 Å². The van der Waals surface area contributed by atoms with Crippen LogP contribution in [0.4, 0.5) is 0 Å². The average molecular weight is 356 g/mol. The van der Waals surface area contributed by atoms with Gasteiger partial charge in [0.05, 0.1) is 0 Å². The third kappa shape index (κ3) is 6.63. The Morgan fingerprint density at radius 3 is 2.28 bits per heavy atom. The lowest BCUT2D eigenvalue weighted by Gasteiger charge is -2.18. The van der Waals surface area contributed by atoms with Crippen LogP contribution in [0.2, 0.25) is 0 Å². The summed E-state index contributed by atoms with van der Waals surface area (Å²) in [4.78, 5) is 24.8. The molecule has 0 radical (unpaired) electrons. The van der Waals surface area contributed by atoms with E-state index in [2.05, 4.69) is 10.6 Å². The molecular weight excluding hydrogens is 332 g/mol. The van der Waals surface area contributed by atoms with Crippen LogP contribution in [0.1, 0.15) is 22.3 Å². The Morgan fingerprint density at radius 1 is 1.00 bits per heavy atom. The van der Waals surface area contributed by atoms with E-state index in [1.165, 1.54) is 5.56 Å². The number of nitrogens with one attached hydrogen (secondary N) is 2. The molecular formula is C20H24N2O2S. The van der Waals surface area contributed by atoms with Crippen LogP contribution in [-0.4, -0.2) is 36.4 Å². The van der Waals surface area contributed by atoms with E-state index < -0.39 is 6.04 Å². The SMILES string of the molecule is CSCC[C@@H](NC(=O)c1ccccc1)C(=O)NCCc1ccccc1. The van der Waals surface area contributed by atoms with Crippen molar-refractivity contribution in [2.75, 3.05) is 18.6 Å². The Kier molecular flexibility index (Phi) is 8.05. The van der Waals surface area contributed by atoms with E-state index in [1.54, 1.807) is 23.9 Å². The highest BCUT2D eigenvalue weighted by molar-refractivity contribution is 7.98. The first-order chi connectivity index (χ1) is 12.2. The van der Waals surface area contributed by atoms with Crippen LogP contribution in [-0.2, 0) is 11.2 Å². The summed E-state index contributed by atoms with van der Waals surface area (Å²) in [6.45, 7) is 0.555. The molecule has 4 nitrogen and oxygen atoms in total. The van der Waals surface area contributed by atoms with Crippen LogP contribution >= 0.6 is 11.8 Å². The van der Waals surface area contributed by atoms with Gasteiger partial charge in [-0.05, 0) is 42.5 Å². The van der Waals surface area contributed by atoms with Crippen molar-refractivity contribution in [3.63, 3.8) is 0 Å². The molecule has 0 saturated carbocycles. The number of hydrogen-bond donors (Lipinski definition) is 2. The van der Waals surface area contributed by atoms with Crippen molar-refractivity contribution >= 4 is 23.6 Å². The summed E-state index contributed by atoms with van der Waals surface area (Å²) in [5, 5.41) is 5.79. The first-order valence-corrected chi connectivity index (χ1v) is 9.76. The van der Waals surface area contributed by atoms with E-state index in [0.29, 0.717) is 18.5 Å². The quantitative estimate of drug-likeness (QED) is 0.726. The number of carbonyl (C=O) groups is 2. The van der Waals surface area contributed by atoms with E-state index in [4.69, 9.17) is 0 Å². The van der Waals surface area contributed by atoms with Gasteiger partial charge in [0.25, 0.3) is 5.91 Å². The molecule has 25 heavy (non-hydrogen) atoms. The lowest BCUT2D eigenvalue weighted by Crippen LogP contribution is -2.47. The summed E-state index contributed by atoms with van der Waals surface area (Å²) in [6, 6.07) is 18.5. The number of benzene rings is 2. The molecule has 0 unspecified atom stereocenters. The van der Waals surface area contributed by atoms with Gasteiger partial charge in [-0.15, -0.1) is 0 Å². The second kappa shape index (κ2) is 10.6. The molecule has 0 saturated heterocycles. The molecule has 2 aromatic carbocycles. The van der Waals surface area contributed by atoms with E-state index >= 15 is 0 Å². The summed E-state index contributed by atoms with van der Waals surface area (Å²) < 4.78 is 0. The number of amides is 2. The van der Waals surface area contributed by atoms with Gasteiger partial charge in [0.15, 0.2) is 0 Å². The monoisotopic (exact) mass is 356 g/mol. The van der Waals surface area contributed by atoms with Crippen molar-refractivity contribution in [1.82, 2.24) is 10.6 Å². The third-order valence-electron chi connectivity index (χ3n) is 3.82. The van der Waals surface area contributed by atoms with Gasteiger partial charge in [0.1, 0.15) is 6.04 Å². The fraction of sp³-hybridized carbons (Fsp3) is 0.300. The summed E-state index contributed by atoms with van der Waals surface area (Å²) in [5.74, 6) is 0.463. The summed E-state index contributed by atoms with van der Waals surface area (Å²) in [6.07, 6.45) is 3.37. The molecule has 0 spiro atoms. The first-order valence-electron chi connectivity index (χ1n) is 8.37. The van der Waals surface area contributed by atoms with Crippen molar-refractivity contribution in [3.8, 4) is 0 Å². The van der Waals surface area contributed by atoms with Gasteiger partial charge >= 0.3 is 0 Å². The maximum atomic E-state index is 12.5. The minimum atomic E-state index is -0.518. The highest BCUT2D eigenvalue weighted by atomic mass is 32.2. The zero-order valence-corrected chi connectivity index (χ0v) is 15.2. The van der Waals surface area contributed by atoms with E-state index in [1.807, 2.05) is 54.8 Å². The molecule has 0 bridgehead atoms. The maximum Gasteiger partial charge on any atom is 0.251 e. The molecule has 0 fully saturated rings. The van der Waals surface area contributed by atoms with Crippen LogP contribution in [0, 0.1) is 0 Å². The topological polar surface area (TPSA) is 58.2 Å². The Bertz CT molecular complexity index is 662. The predicted octanol–water partition coefficient (Wildman–Crippen LogP) is 2.90. The largest absolute Gasteiger partial charge is 0.354 e. The lowest BCUT2D eigenvalue weighted by atomic mass is 10.1. The highest BCUT2D eigenvalue weighted by Crippen LogP contribution is 2.05. The van der Waals surface area contributed by atoms with Crippen LogP contribution < -0.4 is 10.6 Å². The second-order valence-electron chi connectivity index (χ2n) is 5.70. The molecule has 2 rings (SSSR count). The number of hydrogen-bond acceptors (Lipinski definition) is 3. The lowest BCUT2D eigenvalue weighted by molar-refractivity contribution is -0.122. The molecule has 2 aromatic rings. The van der Waals surface area contributed by atoms with Gasteiger partial charge in [-0.2, -0.15) is 11.8 Å². The van der Waals surface area contributed by atoms with E-state index in [-0.39, 0.29) is 11.8 Å². The highest BCUT2D eigenvalue weighted by Gasteiger charge is 2.20. The minimum absolute atomic E-state index is 0.130. The van der Waals surface area contributed by atoms with Gasteiger partial charge in [-0.1, -0.05) is 48.5 Å². The summed E-state index contributed by atoms with van der Waals surface area (Å²) in [5.41, 5.74) is 1.74. The molecule has 0 aromatic heterocycles. The predicted molar refractivity (Wildman–Crippen MR) is 104 cm³/mol. The Hall–Kier alpha value is -2.27. The zero-order valence-electron chi connectivity index (χ0n) is 14.4. The Morgan fingerprint density at radius 2 is 1.64 bits per heavy atom. The van der Waals surface area contributed by atoms with Crippen LogP contribution in [0.25, 0.3) is 0 Å². The molecule has 0 aliphatic heterocycles. The van der Waals surface area contributed by atoms with Crippen molar-refractivity contribution in [2.45, 2.75) is 18.9 Å². The second-order valence-corrected chi connectivity index (χ2v) is 6.69. The fourth-order valence-electron chi connectivity index (χ4n) is 2.43. The number of thioether (sulfide) groups is 1. The maximum absolute atomic E-state index is 12.5. The van der Waals surface area contributed by atoms with Crippen LogP contribution in [0.3, 0.4) is 0 Å². The summed E-state index contributed by atoms with van der Waals surface area (Å²) in [7, 11) is 0. The van der Waals surface area contributed by atoms with Crippen molar-refractivity contribution in [1.29, 1.82) is 0 Å². The Labute approximate surface area is 153 Å². The van der Waals surface area contributed by atoms with Crippen molar-refractivity contribution < 1.29 is 9.59 Å². The van der Waals surface area contributed by atoms with Gasteiger partial charge < -0.3 is 10.6 Å². The van der Waals surface area contributed by atoms with E-state index in [0.717, 1.165) is 12.2 Å². The minimum Gasteiger partial charge on any atom is -0.354 e. The smallest absolute Gasteiger partial charge is 0.251 e. The molecule has 0 aliphatic carbocycles. The van der Waals surface area contributed by atoms with Crippen molar-refractivity contribution in [2.24, 2.45) is 0 Å². The Balaban J connectivity index is 1.89. The van der Waals surface area contributed by atoms with Gasteiger partial charge in [0.2, 0.25) is 5.91 Å². The van der Waals surface area contributed by atoms with Gasteiger partial charge in [-0.3, -0.25) is 9.59 Å². The van der Waals surface area contributed by atoms with Crippen LogP contribution in [0.5, 0.6) is 0 Å². The van der Waals surface area contributed by atoms with Gasteiger partial charge in [-0.25, -0.2) is 0 Å². The third-order valence-corrected chi connectivity index (χ3v) is 4.47. The molecule has 2 N–H and O–H groups in total. The molecule has 0 heterocycles. The molecule has 2 amide bonds. The normalized spacial score (nSPS) is 11.6. The number of carbonyl (C=O) groups excluding carboxylic acids is 2. The zero-order chi connectivity index (χ0) is 17.9. The first kappa shape index (κ1) is 19.1. The van der Waals surface area contributed by atoms with Gasteiger partial charge in [0, 0.05) is 12.1 Å². The standard InChI is InChI=1S/C20H24N2O2S/c1-25-15-13-18(22-19(23)17-10-6-3-7-11-17)20(24)21-14-12-16-8-4-2-5-9-16/h2-11,18H,12-15H2,1H3,(H,21,24)(H,22,23)/t18-/m1/s1. The van der Waals surface area contributed by atoms with Crippen LogP contribution in [0.15, 0.2) is 60.7 Å². The average Bonchev–Trinajstić information content (AvgIpc) is 2.66. The molecule has 1 atom stereocenters. The number of rotatable bonds is 9. The molecule has 132 valence electrons. The fourth-order valence-corrected chi connectivity index (χ4v) is 2.90. The van der Waals surface area contributed by atoms with E-state index in [9.17, 15) is 9.59 Å². The molecule has 5 heteroatoms. The molecule has 0 aliphatic rings. The summed E-state index contributed by atoms with van der Waals surface area (Å²) >= 11 is 1.66.